The van der Waals surface area contributed by atoms with Crippen molar-refractivity contribution in [3.63, 3.8) is 0 Å². The maximum absolute atomic E-state index is 11.6. The first-order valence-corrected chi connectivity index (χ1v) is 9.21. The highest BCUT2D eigenvalue weighted by Gasteiger charge is 2.14. The molecule has 2 aromatic carbocycles. The summed E-state index contributed by atoms with van der Waals surface area (Å²) in [7, 11) is 0. The summed E-state index contributed by atoms with van der Waals surface area (Å²) in [5.41, 5.74) is 13.9. The predicted octanol–water partition coefficient (Wildman–Crippen LogP) is 3.36. The number of amides is 1. The first-order chi connectivity index (χ1) is 12.2. The lowest BCUT2D eigenvalue weighted by molar-refractivity contribution is -0.118. The van der Waals surface area contributed by atoms with Gasteiger partial charge < -0.3 is 16.8 Å². The number of primary amides is 1. The van der Waals surface area contributed by atoms with Crippen molar-refractivity contribution >= 4 is 33.1 Å². The summed E-state index contributed by atoms with van der Waals surface area (Å²) in [5, 5.41) is 4.20. The maximum atomic E-state index is 11.6. The molecule has 0 aliphatic heterocycles. The van der Waals surface area contributed by atoms with Crippen LogP contribution < -0.4 is 16.8 Å². The van der Waals surface area contributed by atoms with Crippen LogP contribution in [-0.2, 0) is 4.79 Å². The summed E-state index contributed by atoms with van der Waals surface area (Å²) in [6.45, 7) is 0.627. The number of fused-ring (bicyclic) bond motifs is 1. The minimum Gasteiger partial charge on any atom is -0.374 e. The van der Waals surface area contributed by atoms with Crippen LogP contribution in [0.1, 0.15) is 19.3 Å². The normalized spacial score (nSPS) is 12.2. The van der Waals surface area contributed by atoms with Gasteiger partial charge in [0.05, 0.1) is 10.2 Å². The van der Waals surface area contributed by atoms with Crippen molar-refractivity contribution in [3.05, 3.63) is 48.5 Å². The van der Waals surface area contributed by atoms with Gasteiger partial charge in [-0.25, -0.2) is 4.98 Å². The molecule has 1 unspecified atom stereocenters. The molecule has 5 N–H and O–H groups in total. The molecule has 25 heavy (non-hydrogen) atoms. The van der Waals surface area contributed by atoms with Gasteiger partial charge in [0, 0.05) is 11.3 Å². The fourth-order valence-electron chi connectivity index (χ4n) is 2.68. The minimum atomic E-state index is -0.375. The number of nitrogens with two attached hydrogens (primary N) is 2. The van der Waals surface area contributed by atoms with Crippen LogP contribution in [0.2, 0.25) is 0 Å². The van der Waals surface area contributed by atoms with Crippen molar-refractivity contribution in [2.75, 3.05) is 11.9 Å². The zero-order valence-electron chi connectivity index (χ0n) is 13.9. The first-order valence-electron chi connectivity index (χ1n) is 8.39. The average molecular weight is 354 g/mol. The number of benzene rings is 2. The SMILES string of the molecule is NCCCCC(Nc1ccc(-c2nc3ccccc3s2)cc1)C(N)=O. The third-order valence-corrected chi connectivity index (χ3v) is 5.14. The van der Waals surface area contributed by atoms with E-state index in [1.54, 1.807) is 11.3 Å². The van der Waals surface area contributed by atoms with Gasteiger partial charge in [-0.3, -0.25) is 4.79 Å². The van der Waals surface area contributed by atoms with E-state index in [0.717, 1.165) is 34.6 Å². The Morgan fingerprint density at radius 3 is 2.56 bits per heavy atom. The van der Waals surface area contributed by atoms with Crippen molar-refractivity contribution in [3.8, 4) is 10.6 Å². The van der Waals surface area contributed by atoms with E-state index in [2.05, 4.69) is 16.4 Å². The second-order valence-electron chi connectivity index (χ2n) is 5.95. The summed E-state index contributed by atoms with van der Waals surface area (Å²) < 4.78 is 1.17. The highest BCUT2D eigenvalue weighted by molar-refractivity contribution is 7.21. The number of thiazole rings is 1. The number of para-hydroxylation sites is 1. The third kappa shape index (κ3) is 4.35. The number of aromatic nitrogens is 1. The lowest BCUT2D eigenvalue weighted by Gasteiger charge is -2.16. The highest BCUT2D eigenvalue weighted by atomic mass is 32.1. The Hall–Kier alpha value is -2.44. The van der Waals surface area contributed by atoms with Gasteiger partial charge in [0.2, 0.25) is 5.91 Å². The van der Waals surface area contributed by atoms with Gasteiger partial charge in [-0.05, 0) is 62.2 Å². The standard InChI is InChI=1S/C19H22N4OS/c20-12-4-3-6-16(18(21)24)22-14-10-8-13(9-11-14)19-23-15-5-1-2-7-17(15)25-19/h1-2,5,7-11,16,22H,3-4,6,12,20H2,(H2,21,24). The molecule has 0 aliphatic carbocycles. The van der Waals surface area contributed by atoms with Gasteiger partial charge >= 0.3 is 0 Å². The number of carbonyl (C=O) groups excluding carboxylic acids is 1. The molecular weight excluding hydrogens is 332 g/mol. The van der Waals surface area contributed by atoms with Crippen molar-refractivity contribution < 1.29 is 4.79 Å². The largest absolute Gasteiger partial charge is 0.374 e. The molecule has 5 nitrogen and oxygen atoms in total. The molecule has 1 amide bonds. The van der Waals surface area contributed by atoms with E-state index < -0.39 is 0 Å². The zero-order valence-corrected chi connectivity index (χ0v) is 14.8. The molecule has 0 aliphatic rings. The van der Waals surface area contributed by atoms with Crippen LogP contribution in [0.3, 0.4) is 0 Å². The maximum Gasteiger partial charge on any atom is 0.239 e. The minimum absolute atomic E-state index is 0.340. The Bertz CT molecular complexity index is 811. The van der Waals surface area contributed by atoms with Crippen molar-refractivity contribution in [1.82, 2.24) is 4.98 Å². The van der Waals surface area contributed by atoms with E-state index in [0.29, 0.717) is 13.0 Å². The highest BCUT2D eigenvalue weighted by Crippen LogP contribution is 2.30. The second-order valence-corrected chi connectivity index (χ2v) is 6.98. The summed E-state index contributed by atoms with van der Waals surface area (Å²) in [5.74, 6) is -0.340. The molecule has 1 aromatic heterocycles. The van der Waals surface area contributed by atoms with E-state index in [1.807, 2.05) is 42.5 Å². The van der Waals surface area contributed by atoms with Gasteiger partial charge in [-0.2, -0.15) is 0 Å². The van der Waals surface area contributed by atoms with Crippen LogP contribution in [0.25, 0.3) is 20.8 Å². The molecule has 0 spiro atoms. The number of hydrogen-bond donors (Lipinski definition) is 3. The number of unbranched alkanes of at least 4 members (excludes halogenated alkanes) is 1. The van der Waals surface area contributed by atoms with Crippen LogP contribution in [0.5, 0.6) is 0 Å². The quantitative estimate of drug-likeness (QED) is 0.541. The molecule has 0 radical (unpaired) electrons. The van der Waals surface area contributed by atoms with Crippen molar-refractivity contribution in [2.24, 2.45) is 11.5 Å². The van der Waals surface area contributed by atoms with Crippen LogP contribution in [-0.4, -0.2) is 23.5 Å². The van der Waals surface area contributed by atoms with E-state index in [9.17, 15) is 4.79 Å². The molecule has 130 valence electrons. The molecule has 6 heteroatoms. The number of nitrogens with zero attached hydrogens (tertiary/aromatic N) is 1. The average Bonchev–Trinajstić information content (AvgIpc) is 3.05. The van der Waals surface area contributed by atoms with E-state index in [-0.39, 0.29) is 11.9 Å². The Morgan fingerprint density at radius 2 is 1.88 bits per heavy atom. The summed E-state index contributed by atoms with van der Waals surface area (Å²) in [6.07, 6.45) is 2.45. The lowest BCUT2D eigenvalue weighted by atomic mass is 10.1. The fourth-order valence-corrected chi connectivity index (χ4v) is 3.66. The van der Waals surface area contributed by atoms with Crippen LogP contribution in [0.4, 0.5) is 5.69 Å². The number of anilines is 1. The molecule has 1 atom stereocenters. The smallest absolute Gasteiger partial charge is 0.239 e. The number of hydrogen-bond acceptors (Lipinski definition) is 5. The Morgan fingerprint density at radius 1 is 1.12 bits per heavy atom. The van der Waals surface area contributed by atoms with E-state index >= 15 is 0 Å². The van der Waals surface area contributed by atoms with Crippen LogP contribution >= 0.6 is 11.3 Å². The third-order valence-electron chi connectivity index (χ3n) is 4.06. The number of nitrogens with one attached hydrogen (secondary N) is 1. The fraction of sp³-hybridized carbons (Fsp3) is 0.263. The van der Waals surface area contributed by atoms with Gasteiger partial charge in [-0.15, -0.1) is 11.3 Å². The predicted molar refractivity (Wildman–Crippen MR) is 105 cm³/mol. The molecule has 3 rings (SSSR count). The summed E-state index contributed by atoms with van der Waals surface area (Å²) >= 11 is 1.67. The molecule has 3 aromatic rings. The van der Waals surface area contributed by atoms with Crippen molar-refractivity contribution in [1.29, 1.82) is 0 Å². The van der Waals surface area contributed by atoms with E-state index in [1.165, 1.54) is 4.70 Å². The first kappa shape index (κ1) is 17.4. The Labute approximate surface area is 151 Å². The Kier molecular flexibility index (Phi) is 5.63. The van der Waals surface area contributed by atoms with Crippen molar-refractivity contribution in [2.45, 2.75) is 25.3 Å². The molecule has 0 bridgehead atoms. The zero-order chi connectivity index (χ0) is 17.6. The second kappa shape index (κ2) is 8.09. The van der Waals surface area contributed by atoms with Gasteiger partial charge in [0.1, 0.15) is 11.0 Å². The molecule has 0 saturated heterocycles. The Balaban J connectivity index is 1.71. The molecular formula is C19H22N4OS. The van der Waals surface area contributed by atoms with Crippen LogP contribution in [0, 0.1) is 0 Å². The van der Waals surface area contributed by atoms with Gasteiger partial charge in [-0.1, -0.05) is 12.1 Å². The van der Waals surface area contributed by atoms with Gasteiger partial charge in [0.15, 0.2) is 0 Å². The van der Waals surface area contributed by atoms with E-state index in [4.69, 9.17) is 11.5 Å². The van der Waals surface area contributed by atoms with Gasteiger partial charge in [0.25, 0.3) is 0 Å². The van der Waals surface area contributed by atoms with Crippen LogP contribution in [0.15, 0.2) is 48.5 Å². The monoisotopic (exact) mass is 354 g/mol. The lowest BCUT2D eigenvalue weighted by Crippen LogP contribution is -2.35. The summed E-state index contributed by atoms with van der Waals surface area (Å²) in [4.78, 5) is 16.3. The molecule has 0 fully saturated rings. The number of carbonyl (C=O) groups is 1. The molecule has 0 saturated carbocycles. The topological polar surface area (TPSA) is 94.0 Å². The summed E-state index contributed by atoms with van der Waals surface area (Å²) in [6, 6.07) is 15.7. The number of rotatable bonds is 8. The molecule has 1 heterocycles.